The van der Waals surface area contributed by atoms with Crippen molar-refractivity contribution >= 4 is 5.78 Å². The van der Waals surface area contributed by atoms with Crippen molar-refractivity contribution in [2.45, 2.75) is 57.3 Å². The molecule has 1 saturated carbocycles. The van der Waals surface area contributed by atoms with Gasteiger partial charge >= 0.3 is 0 Å². The van der Waals surface area contributed by atoms with E-state index in [1.807, 2.05) is 0 Å². The summed E-state index contributed by atoms with van der Waals surface area (Å²) in [4.78, 5) is 21.8. The van der Waals surface area contributed by atoms with E-state index < -0.39 is 5.60 Å². The van der Waals surface area contributed by atoms with Crippen molar-refractivity contribution in [2.24, 2.45) is 11.8 Å². The lowest BCUT2D eigenvalue weighted by atomic mass is 9.64. The van der Waals surface area contributed by atoms with Gasteiger partial charge in [0, 0.05) is 20.1 Å². The van der Waals surface area contributed by atoms with Gasteiger partial charge in [0.2, 0.25) is 6.29 Å². The molecule has 2 rings (SSSR count). The molecule has 5 nitrogen and oxygen atoms in total. The predicted octanol–water partition coefficient (Wildman–Crippen LogP) is 1.83. The molecule has 2 fully saturated rings. The summed E-state index contributed by atoms with van der Waals surface area (Å²) in [7, 11) is 1.61. The second-order valence-corrected chi connectivity index (χ2v) is 5.68. The van der Waals surface area contributed by atoms with Gasteiger partial charge < -0.3 is 14.6 Å². The van der Waals surface area contributed by atoms with Crippen molar-refractivity contribution in [2.75, 3.05) is 13.7 Å². The number of Topliss-reactive ketones (excluding diaryl/α,β-unsaturated/α-hetero) is 1. The van der Waals surface area contributed by atoms with E-state index in [9.17, 15) is 9.90 Å². The van der Waals surface area contributed by atoms with Crippen LogP contribution in [0.4, 0.5) is 0 Å². The maximum absolute atomic E-state index is 11.2. The molecule has 1 saturated heterocycles. The molecular weight excluding hydrogens is 248 g/mol. The van der Waals surface area contributed by atoms with Crippen LogP contribution in [-0.2, 0) is 19.3 Å². The molecule has 2 aliphatic rings. The number of hydrogen-bond acceptors (Lipinski definition) is 5. The van der Waals surface area contributed by atoms with Crippen LogP contribution in [0.3, 0.4) is 0 Å². The fourth-order valence-electron chi connectivity index (χ4n) is 3.61. The van der Waals surface area contributed by atoms with Crippen LogP contribution in [0.1, 0.15) is 45.4 Å². The molecule has 0 radical (unpaired) electrons. The summed E-state index contributed by atoms with van der Waals surface area (Å²) in [5, 5.41) is 9.24. The van der Waals surface area contributed by atoms with E-state index >= 15 is 0 Å². The third kappa shape index (κ3) is 2.70. The van der Waals surface area contributed by atoms with Crippen molar-refractivity contribution in [3.8, 4) is 0 Å². The summed E-state index contributed by atoms with van der Waals surface area (Å²) < 4.78 is 5.38. The van der Waals surface area contributed by atoms with Crippen LogP contribution in [0, 0.1) is 11.8 Å². The Labute approximate surface area is 114 Å². The molecule has 1 aliphatic heterocycles. The quantitative estimate of drug-likeness (QED) is 0.747. The lowest BCUT2D eigenvalue weighted by Gasteiger charge is -2.56. The van der Waals surface area contributed by atoms with E-state index in [1.54, 1.807) is 14.0 Å². The van der Waals surface area contributed by atoms with Crippen LogP contribution in [0.2, 0.25) is 0 Å². The van der Waals surface area contributed by atoms with E-state index in [1.165, 1.54) is 0 Å². The molecule has 1 N–H and O–H groups in total. The second kappa shape index (κ2) is 6.31. The van der Waals surface area contributed by atoms with Crippen molar-refractivity contribution in [1.29, 1.82) is 0 Å². The molecule has 0 aromatic heterocycles. The van der Waals surface area contributed by atoms with Gasteiger partial charge in [-0.15, -0.1) is 0 Å². The van der Waals surface area contributed by atoms with Crippen LogP contribution in [0.25, 0.3) is 0 Å². The normalized spacial score (nSPS) is 38.2. The topological polar surface area (TPSA) is 65.0 Å². The third-order valence-corrected chi connectivity index (χ3v) is 4.57. The molecule has 110 valence electrons. The summed E-state index contributed by atoms with van der Waals surface area (Å²) in [6, 6.07) is 0. The van der Waals surface area contributed by atoms with Crippen molar-refractivity contribution in [3.05, 3.63) is 0 Å². The minimum atomic E-state index is -0.467. The summed E-state index contributed by atoms with van der Waals surface area (Å²) >= 11 is 0. The monoisotopic (exact) mass is 272 g/mol. The number of ether oxygens (including phenoxy) is 1. The fraction of sp³-hybridized carbons (Fsp3) is 0.929. The zero-order valence-electron chi connectivity index (χ0n) is 11.8. The Morgan fingerprint density at radius 3 is 2.53 bits per heavy atom. The zero-order chi connectivity index (χ0) is 13.9. The van der Waals surface area contributed by atoms with E-state index in [0.29, 0.717) is 12.8 Å². The molecule has 1 spiro atoms. The lowest BCUT2D eigenvalue weighted by molar-refractivity contribution is -0.581. The van der Waals surface area contributed by atoms with Gasteiger partial charge in [0.15, 0.2) is 5.60 Å². The number of aliphatic hydroxyl groups is 1. The molecule has 0 aromatic rings. The Morgan fingerprint density at radius 1 is 1.37 bits per heavy atom. The van der Waals surface area contributed by atoms with E-state index in [4.69, 9.17) is 14.5 Å². The first kappa shape index (κ1) is 14.9. The molecule has 0 amide bonds. The van der Waals surface area contributed by atoms with Crippen LogP contribution in [0.5, 0.6) is 0 Å². The third-order valence-electron chi connectivity index (χ3n) is 4.57. The Kier molecular flexibility index (Phi) is 4.95. The molecule has 5 heteroatoms. The standard InChI is InChI=1S/C14H24O5/c1-10(16)6-7-11-4-3-5-12(8-9-15)14(11)13(17-2)18-19-14/h11-13,15H,3-9H2,1-2H3/t11-,12?,13?,14?/m0/s1. The van der Waals surface area contributed by atoms with Crippen molar-refractivity contribution in [1.82, 2.24) is 0 Å². The highest BCUT2D eigenvalue weighted by atomic mass is 17.3. The Morgan fingerprint density at radius 2 is 2.05 bits per heavy atom. The second-order valence-electron chi connectivity index (χ2n) is 5.68. The fourth-order valence-corrected chi connectivity index (χ4v) is 3.61. The molecule has 1 heterocycles. The van der Waals surface area contributed by atoms with E-state index in [2.05, 4.69) is 0 Å². The van der Waals surface area contributed by atoms with Gasteiger partial charge in [-0.25, -0.2) is 9.78 Å². The largest absolute Gasteiger partial charge is 0.396 e. The van der Waals surface area contributed by atoms with Crippen molar-refractivity contribution in [3.63, 3.8) is 0 Å². The summed E-state index contributed by atoms with van der Waals surface area (Å²) in [5.41, 5.74) is -0.467. The highest BCUT2D eigenvalue weighted by Gasteiger charge is 2.62. The number of aliphatic hydroxyl groups excluding tert-OH is 1. The Hall–Kier alpha value is -0.490. The van der Waals surface area contributed by atoms with Crippen molar-refractivity contribution < 1.29 is 24.4 Å². The maximum atomic E-state index is 11.2. The number of hydrogen-bond donors (Lipinski definition) is 1. The van der Waals surface area contributed by atoms with Gasteiger partial charge in [-0.05, 0) is 44.4 Å². The smallest absolute Gasteiger partial charge is 0.224 e. The molecule has 1 aliphatic carbocycles. The van der Waals surface area contributed by atoms with Gasteiger partial charge in [0.25, 0.3) is 0 Å². The zero-order valence-corrected chi connectivity index (χ0v) is 11.8. The Bertz CT molecular complexity index is 315. The molecule has 19 heavy (non-hydrogen) atoms. The summed E-state index contributed by atoms with van der Waals surface area (Å²) in [6.45, 7) is 1.76. The highest BCUT2D eigenvalue weighted by Crippen LogP contribution is 2.52. The van der Waals surface area contributed by atoms with E-state index in [-0.39, 0.29) is 30.5 Å². The molecular formula is C14H24O5. The SMILES string of the molecule is COC1OOC12C(CCO)CCC[C@H]2CCC(C)=O. The van der Waals surface area contributed by atoms with Crippen LogP contribution in [-0.4, -0.2) is 36.5 Å². The molecule has 0 aromatic carbocycles. The van der Waals surface area contributed by atoms with Gasteiger partial charge in [0.05, 0.1) is 0 Å². The van der Waals surface area contributed by atoms with Gasteiger partial charge in [-0.1, -0.05) is 6.42 Å². The van der Waals surface area contributed by atoms with Crippen LogP contribution >= 0.6 is 0 Å². The van der Waals surface area contributed by atoms with Gasteiger partial charge in [-0.2, -0.15) is 0 Å². The van der Waals surface area contributed by atoms with Crippen LogP contribution in [0.15, 0.2) is 0 Å². The minimum Gasteiger partial charge on any atom is -0.396 e. The lowest BCUT2D eigenvalue weighted by Crippen LogP contribution is -2.67. The number of rotatable bonds is 6. The van der Waals surface area contributed by atoms with Crippen LogP contribution < -0.4 is 0 Å². The number of carbonyl (C=O) groups excluding carboxylic acids is 1. The van der Waals surface area contributed by atoms with Gasteiger partial charge in [-0.3, -0.25) is 0 Å². The van der Waals surface area contributed by atoms with E-state index in [0.717, 1.165) is 25.7 Å². The predicted molar refractivity (Wildman–Crippen MR) is 68.1 cm³/mol. The first-order valence-corrected chi connectivity index (χ1v) is 7.12. The Balaban J connectivity index is 2.12. The molecule has 3 unspecified atom stereocenters. The highest BCUT2D eigenvalue weighted by molar-refractivity contribution is 5.75. The average Bonchev–Trinajstić information content (AvgIpc) is 2.36. The first-order chi connectivity index (χ1) is 9.15. The minimum absolute atomic E-state index is 0.144. The molecule has 0 bridgehead atoms. The number of carbonyl (C=O) groups is 1. The maximum Gasteiger partial charge on any atom is 0.224 e. The average molecular weight is 272 g/mol. The summed E-state index contributed by atoms with van der Waals surface area (Å²) in [5.74, 6) is 0.705. The molecule has 4 atom stereocenters. The van der Waals surface area contributed by atoms with Gasteiger partial charge in [0.1, 0.15) is 5.78 Å². The number of methoxy groups -OCH3 is 1. The summed E-state index contributed by atoms with van der Waals surface area (Å²) in [6.07, 6.45) is 4.84. The first-order valence-electron chi connectivity index (χ1n) is 7.12. The number of ketones is 1.